The molecule has 4 aromatic rings. The van der Waals surface area contributed by atoms with Crippen molar-refractivity contribution in [1.29, 1.82) is 0 Å². The first-order valence-corrected chi connectivity index (χ1v) is 11.7. The molecule has 0 aromatic carbocycles. The van der Waals surface area contributed by atoms with Gasteiger partial charge in [0.15, 0.2) is 0 Å². The maximum absolute atomic E-state index is 13.4. The average Bonchev–Trinajstić information content (AvgIpc) is 2.82. The van der Waals surface area contributed by atoms with Gasteiger partial charge in [-0.25, -0.2) is 9.37 Å². The van der Waals surface area contributed by atoms with Crippen LogP contribution >= 0.6 is 23.2 Å². The van der Waals surface area contributed by atoms with Crippen LogP contribution in [-0.2, 0) is 12.2 Å². The van der Waals surface area contributed by atoms with E-state index in [1.807, 2.05) is 0 Å². The molecule has 4 aromatic heterocycles. The maximum Gasteiger partial charge on any atom is 0.277 e. The third-order valence-electron chi connectivity index (χ3n) is 5.52. The molecule has 192 valence electrons. The van der Waals surface area contributed by atoms with E-state index in [9.17, 15) is 19.1 Å². The van der Waals surface area contributed by atoms with E-state index in [0.717, 1.165) is 12.3 Å². The molecule has 0 unspecified atom stereocenters. The Bertz CT molecular complexity index is 1720. The highest BCUT2D eigenvalue weighted by atomic mass is 35.5. The van der Waals surface area contributed by atoms with Crippen LogP contribution in [0.5, 0.6) is 5.75 Å². The molecule has 1 N–H and O–H groups in total. The fourth-order valence-corrected chi connectivity index (χ4v) is 4.03. The lowest BCUT2D eigenvalue weighted by molar-refractivity contribution is 0.0767. The van der Waals surface area contributed by atoms with Crippen molar-refractivity contribution in [1.82, 2.24) is 19.1 Å². The van der Waals surface area contributed by atoms with Crippen molar-refractivity contribution in [3.05, 3.63) is 108 Å². The Kier molecular flexibility index (Phi) is 6.50. The molecule has 8 nitrogen and oxygen atoms in total. The molecule has 0 aliphatic carbocycles. The Morgan fingerprint density at radius 3 is 2.54 bits per heavy atom. The average molecular weight is 547 g/mol. The number of hydrogen-bond donors (Lipinski definition) is 1. The van der Waals surface area contributed by atoms with E-state index in [1.165, 1.54) is 53.6 Å². The first-order chi connectivity index (χ1) is 18.1. The number of rotatable bonds is 6. The fourth-order valence-electron chi connectivity index (χ4n) is 3.66. The van der Waals surface area contributed by atoms with Crippen molar-refractivity contribution in [3.8, 4) is 17.3 Å². The molecule has 0 bridgehead atoms. The van der Waals surface area contributed by atoms with Crippen molar-refractivity contribution in [3.63, 3.8) is 0 Å². The molecule has 11 heteroatoms. The van der Waals surface area contributed by atoms with Crippen molar-refractivity contribution >= 4 is 23.2 Å². The van der Waals surface area contributed by atoms with Crippen LogP contribution in [0.25, 0.3) is 11.5 Å². The van der Waals surface area contributed by atoms with Gasteiger partial charge in [0.25, 0.3) is 11.1 Å². The lowest BCUT2D eigenvalue weighted by atomic mass is 10.0. The highest BCUT2D eigenvalue weighted by Crippen LogP contribution is 2.27. The third-order valence-corrected chi connectivity index (χ3v) is 6.16. The van der Waals surface area contributed by atoms with E-state index in [-0.39, 0.29) is 22.2 Å². The molecule has 4 rings (SSSR count). The minimum atomic E-state index is -2.65. The summed E-state index contributed by atoms with van der Waals surface area (Å²) in [6.07, 6.45) is 3.77. The summed E-state index contributed by atoms with van der Waals surface area (Å²) in [7, 11) is 0. The Balaban J connectivity index is 1.81. The zero-order valence-corrected chi connectivity index (χ0v) is 21.7. The highest BCUT2D eigenvalue weighted by Gasteiger charge is 2.22. The molecule has 0 aliphatic heterocycles. The van der Waals surface area contributed by atoms with Crippen LogP contribution in [0.1, 0.15) is 39.1 Å². The second kappa shape index (κ2) is 10.1. The van der Waals surface area contributed by atoms with Gasteiger partial charge >= 0.3 is 0 Å². The zero-order chi connectivity index (χ0) is 28.9. The molecular weight excluding hydrogens is 522 g/mol. The largest absolute Gasteiger partial charge is 0.485 e. The van der Waals surface area contributed by atoms with Crippen LogP contribution in [0.2, 0.25) is 10.0 Å². The molecule has 37 heavy (non-hydrogen) atoms. The second-order valence-corrected chi connectivity index (χ2v) is 9.56. The Hall–Kier alpha value is -3.53. The minimum absolute atomic E-state index is 0.164. The van der Waals surface area contributed by atoms with Gasteiger partial charge in [0.1, 0.15) is 29.0 Å². The van der Waals surface area contributed by atoms with Gasteiger partial charge in [-0.2, -0.15) is 0 Å². The molecule has 0 radical (unpaired) electrons. The van der Waals surface area contributed by atoms with E-state index >= 15 is 0 Å². The van der Waals surface area contributed by atoms with Crippen molar-refractivity contribution in [2.45, 2.75) is 39.9 Å². The van der Waals surface area contributed by atoms with Crippen LogP contribution in [-0.4, -0.2) is 24.2 Å². The van der Waals surface area contributed by atoms with Gasteiger partial charge in [0.05, 0.1) is 30.9 Å². The number of aliphatic hydroxyl groups is 1. The lowest BCUT2D eigenvalue weighted by Gasteiger charge is -2.19. The smallest absolute Gasteiger partial charge is 0.277 e. The van der Waals surface area contributed by atoms with E-state index in [4.69, 9.17) is 30.7 Å². The second-order valence-electron chi connectivity index (χ2n) is 8.78. The van der Waals surface area contributed by atoms with Gasteiger partial charge in [0.2, 0.25) is 0 Å². The Morgan fingerprint density at radius 1 is 1.14 bits per heavy atom. The quantitative estimate of drug-likeness (QED) is 0.378. The summed E-state index contributed by atoms with van der Waals surface area (Å²) in [5, 5.41) is 9.64. The normalized spacial score (nSPS) is 12.8. The maximum atomic E-state index is 13.4. The summed E-state index contributed by atoms with van der Waals surface area (Å²) in [4.78, 5) is 34.5. The monoisotopic (exact) mass is 546 g/mol. The van der Waals surface area contributed by atoms with Crippen LogP contribution in [0, 0.1) is 19.7 Å². The van der Waals surface area contributed by atoms with Crippen molar-refractivity contribution < 1.29 is 17.0 Å². The van der Waals surface area contributed by atoms with Crippen molar-refractivity contribution in [2.75, 3.05) is 0 Å². The van der Waals surface area contributed by atoms with E-state index in [1.54, 1.807) is 19.9 Å². The molecular formula is C26H23Cl2FN4O4. The molecule has 4 heterocycles. The topological polar surface area (TPSA) is 99.2 Å². The molecule has 0 fully saturated rings. The summed E-state index contributed by atoms with van der Waals surface area (Å²) in [5.41, 5.74) is -1.55. The number of pyridine rings is 4. The summed E-state index contributed by atoms with van der Waals surface area (Å²) in [6.45, 7) is 3.65. The first-order valence-electron chi connectivity index (χ1n) is 12.0. The van der Waals surface area contributed by atoms with E-state index in [2.05, 4.69) is 9.97 Å². The number of hydrogen-bond acceptors (Lipinski definition) is 6. The lowest BCUT2D eigenvalue weighted by Crippen LogP contribution is -2.31. The first kappa shape index (κ1) is 23.8. The van der Waals surface area contributed by atoms with Crippen molar-refractivity contribution in [2.24, 2.45) is 0 Å². The summed E-state index contributed by atoms with van der Waals surface area (Å²) in [5.74, 6) is -0.830. The Labute approximate surface area is 224 Å². The number of nitrogens with zero attached hydrogens (tertiary/aromatic N) is 4. The number of aryl methyl sites for hydroxylation is 2. The Morgan fingerprint density at radius 2 is 1.86 bits per heavy atom. The molecule has 0 saturated heterocycles. The van der Waals surface area contributed by atoms with Gasteiger partial charge in [-0.15, -0.1) is 0 Å². The van der Waals surface area contributed by atoms with Gasteiger partial charge in [-0.1, -0.05) is 23.2 Å². The standard InChI is InChI=1S/C26H23Cl2FN4O4/c1-14-11-31-22(32-7-5-6-17(24(32)34)26(3,4)36)10-20(14)33-15(2)8-21(23(28)25(33)35)37-13-19-18(27)9-16(29)12-30-19/h5-12,36H,13H2,1-4H3/i13D2. The molecule has 0 aliphatic rings. The number of ether oxygens (including phenoxy) is 1. The zero-order valence-electron chi connectivity index (χ0n) is 22.2. The third kappa shape index (κ3) is 5.29. The fraction of sp³-hybridized carbons (Fsp3) is 0.231. The van der Waals surface area contributed by atoms with Gasteiger partial charge in [-0.3, -0.25) is 23.7 Å². The summed E-state index contributed by atoms with van der Waals surface area (Å²) < 4.78 is 37.9. The summed E-state index contributed by atoms with van der Waals surface area (Å²) >= 11 is 12.3. The molecule has 0 atom stereocenters. The van der Waals surface area contributed by atoms with Gasteiger partial charge in [-0.05, 0) is 51.5 Å². The number of halogens is 3. The molecule has 0 saturated carbocycles. The predicted molar refractivity (Wildman–Crippen MR) is 139 cm³/mol. The van der Waals surface area contributed by atoms with E-state index in [0.29, 0.717) is 16.9 Å². The van der Waals surface area contributed by atoms with Crippen LogP contribution in [0.3, 0.4) is 0 Å². The number of aromatic nitrogens is 4. The summed E-state index contributed by atoms with van der Waals surface area (Å²) in [6, 6.07) is 6.90. The van der Waals surface area contributed by atoms with Gasteiger partial charge in [0, 0.05) is 35.8 Å². The van der Waals surface area contributed by atoms with E-state index < -0.39 is 39.8 Å². The molecule has 0 amide bonds. The predicted octanol–water partition coefficient (Wildman–Crippen LogP) is 4.65. The SMILES string of the molecule is [2H]C([2H])(Oc1cc(C)n(-c2cc(-n3cccc(C(C)(C)O)c3=O)ncc2C)c(=O)c1Cl)c1ncc(F)cc1Cl. The molecule has 0 spiro atoms. The van der Waals surface area contributed by atoms with Crippen LogP contribution in [0.4, 0.5) is 4.39 Å². The van der Waals surface area contributed by atoms with Gasteiger partial charge < -0.3 is 9.84 Å². The minimum Gasteiger partial charge on any atom is -0.485 e. The van der Waals surface area contributed by atoms with Crippen LogP contribution in [0.15, 0.2) is 58.5 Å². The van der Waals surface area contributed by atoms with Crippen LogP contribution < -0.4 is 15.9 Å². The highest BCUT2D eigenvalue weighted by molar-refractivity contribution is 6.32.